The number of nitrogens with two attached hydrogens (primary N) is 1. The van der Waals surface area contributed by atoms with Crippen molar-refractivity contribution in [3.8, 4) is 0 Å². The van der Waals surface area contributed by atoms with Crippen LogP contribution in [-0.4, -0.2) is 12.6 Å². The molecule has 1 saturated carbocycles. The van der Waals surface area contributed by atoms with Gasteiger partial charge in [0.15, 0.2) is 0 Å². The minimum absolute atomic E-state index is 0.0551. The van der Waals surface area contributed by atoms with Crippen LogP contribution in [0.1, 0.15) is 44.1 Å². The van der Waals surface area contributed by atoms with Crippen LogP contribution >= 0.6 is 0 Å². The standard InChI is InChI=1S/C15H21NO2/c1-2-18-15(17)10-11-3-4-13(9-11)12-5-7-14(16)8-6-12/h5-8,11,13H,2-4,9-10,16H2,1H3/t11?,13-/m0/s1. The fraction of sp³-hybridized carbons (Fsp3) is 0.533. The van der Waals surface area contributed by atoms with Gasteiger partial charge in [0.25, 0.3) is 0 Å². The van der Waals surface area contributed by atoms with E-state index >= 15 is 0 Å². The summed E-state index contributed by atoms with van der Waals surface area (Å²) in [7, 11) is 0. The molecule has 0 aromatic heterocycles. The van der Waals surface area contributed by atoms with Crippen molar-refractivity contribution < 1.29 is 9.53 Å². The van der Waals surface area contributed by atoms with Crippen LogP contribution in [-0.2, 0) is 9.53 Å². The molecule has 0 spiro atoms. The summed E-state index contributed by atoms with van der Waals surface area (Å²) >= 11 is 0. The smallest absolute Gasteiger partial charge is 0.306 e. The third kappa shape index (κ3) is 3.25. The topological polar surface area (TPSA) is 52.3 Å². The summed E-state index contributed by atoms with van der Waals surface area (Å²) in [5.41, 5.74) is 7.84. The maximum atomic E-state index is 11.4. The highest BCUT2D eigenvalue weighted by atomic mass is 16.5. The highest BCUT2D eigenvalue weighted by Gasteiger charge is 2.27. The zero-order valence-corrected chi connectivity index (χ0v) is 10.9. The molecular formula is C15H21NO2. The van der Waals surface area contributed by atoms with Gasteiger partial charge in [-0.25, -0.2) is 0 Å². The third-order valence-electron chi connectivity index (χ3n) is 3.71. The normalized spacial score (nSPS) is 22.9. The first kappa shape index (κ1) is 12.9. The molecule has 0 aliphatic heterocycles. The Bertz CT molecular complexity index is 399. The third-order valence-corrected chi connectivity index (χ3v) is 3.71. The summed E-state index contributed by atoms with van der Waals surface area (Å²) in [6.45, 7) is 2.33. The lowest BCUT2D eigenvalue weighted by atomic mass is 9.95. The lowest BCUT2D eigenvalue weighted by molar-refractivity contribution is -0.144. The van der Waals surface area contributed by atoms with Gasteiger partial charge in [-0.15, -0.1) is 0 Å². The van der Waals surface area contributed by atoms with Crippen LogP contribution in [0.3, 0.4) is 0 Å². The molecule has 3 nitrogen and oxygen atoms in total. The van der Waals surface area contributed by atoms with E-state index in [1.54, 1.807) is 0 Å². The fourth-order valence-corrected chi connectivity index (χ4v) is 2.79. The Balaban J connectivity index is 1.88. The van der Waals surface area contributed by atoms with E-state index in [0.29, 0.717) is 24.9 Å². The minimum Gasteiger partial charge on any atom is -0.466 e. The minimum atomic E-state index is -0.0551. The Morgan fingerprint density at radius 1 is 1.33 bits per heavy atom. The molecule has 0 heterocycles. The van der Waals surface area contributed by atoms with Crippen LogP contribution in [0.15, 0.2) is 24.3 Å². The largest absolute Gasteiger partial charge is 0.466 e. The fourth-order valence-electron chi connectivity index (χ4n) is 2.79. The predicted molar refractivity (Wildman–Crippen MR) is 72.2 cm³/mol. The number of nitrogen functional groups attached to an aromatic ring is 1. The van der Waals surface area contributed by atoms with Crippen LogP contribution in [0, 0.1) is 5.92 Å². The Morgan fingerprint density at radius 2 is 2.06 bits per heavy atom. The number of rotatable bonds is 4. The average molecular weight is 247 g/mol. The van der Waals surface area contributed by atoms with Crippen LogP contribution < -0.4 is 5.73 Å². The number of ether oxygens (including phenoxy) is 1. The summed E-state index contributed by atoms with van der Waals surface area (Å²) < 4.78 is 5.01. The van der Waals surface area contributed by atoms with E-state index in [2.05, 4.69) is 12.1 Å². The van der Waals surface area contributed by atoms with Crippen molar-refractivity contribution in [3.63, 3.8) is 0 Å². The molecular weight excluding hydrogens is 226 g/mol. The molecule has 1 unspecified atom stereocenters. The molecule has 18 heavy (non-hydrogen) atoms. The Hall–Kier alpha value is -1.51. The number of benzene rings is 1. The van der Waals surface area contributed by atoms with E-state index in [4.69, 9.17) is 10.5 Å². The van der Waals surface area contributed by atoms with Crippen LogP contribution in [0.2, 0.25) is 0 Å². The van der Waals surface area contributed by atoms with Gasteiger partial charge in [0, 0.05) is 12.1 Å². The van der Waals surface area contributed by atoms with Gasteiger partial charge in [0.2, 0.25) is 0 Å². The molecule has 0 bridgehead atoms. The van der Waals surface area contributed by atoms with E-state index < -0.39 is 0 Å². The van der Waals surface area contributed by atoms with Gasteiger partial charge >= 0.3 is 5.97 Å². The highest BCUT2D eigenvalue weighted by molar-refractivity contribution is 5.69. The van der Waals surface area contributed by atoms with Gasteiger partial charge in [-0.2, -0.15) is 0 Å². The molecule has 1 aromatic rings. The number of carbonyl (C=O) groups is 1. The number of carbonyl (C=O) groups excluding carboxylic acids is 1. The van der Waals surface area contributed by atoms with Gasteiger partial charge in [-0.1, -0.05) is 12.1 Å². The molecule has 0 amide bonds. The molecule has 98 valence electrons. The second-order valence-corrected chi connectivity index (χ2v) is 5.05. The molecule has 2 rings (SSSR count). The molecule has 1 aromatic carbocycles. The SMILES string of the molecule is CCOC(=O)CC1CC[C@H](c2ccc(N)cc2)C1. The van der Waals surface area contributed by atoms with Crippen molar-refractivity contribution in [1.29, 1.82) is 0 Å². The zero-order chi connectivity index (χ0) is 13.0. The van der Waals surface area contributed by atoms with E-state index in [-0.39, 0.29) is 5.97 Å². The van der Waals surface area contributed by atoms with Crippen molar-refractivity contribution >= 4 is 11.7 Å². The van der Waals surface area contributed by atoms with Gasteiger partial charge in [0.1, 0.15) is 0 Å². The molecule has 0 saturated heterocycles. The molecule has 1 aliphatic carbocycles. The molecule has 2 N–H and O–H groups in total. The lowest BCUT2D eigenvalue weighted by Gasteiger charge is -2.11. The van der Waals surface area contributed by atoms with Gasteiger partial charge in [0.05, 0.1) is 6.61 Å². The number of hydrogen-bond acceptors (Lipinski definition) is 3. The van der Waals surface area contributed by atoms with E-state index in [1.807, 2.05) is 19.1 Å². The second kappa shape index (κ2) is 5.89. The maximum Gasteiger partial charge on any atom is 0.306 e. The Morgan fingerprint density at radius 3 is 2.72 bits per heavy atom. The summed E-state index contributed by atoms with van der Waals surface area (Å²) in [5, 5.41) is 0. The second-order valence-electron chi connectivity index (χ2n) is 5.05. The van der Waals surface area contributed by atoms with E-state index in [0.717, 1.165) is 24.9 Å². The van der Waals surface area contributed by atoms with Crippen molar-refractivity contribution in [2.24, 2.45) is 5.92 Å². The van der Waals surface area contributed by atoms with Crippen LogP contribution in [0.25, 0.3) is 0 Å². The maximum absolute atomic E-state index is 11.4. The molecule has 1 aliphatic rings. The quantitative estimate of drug-likeness (QED) is 0.657. The van der Waals surface area contributed by atoms with E-state index in [1.165, 1.54) is 5.56 Å². The number of anilines is 1. The summed E-state index contributed by atoms with van der Waals surface area (Å²) in [4.78, 5) is 11.4. The first-order chi connectivity index (χ1) is 8.69. The monoisotopic (exact) mass is 247 g/mol. The van der Waals surface area contributed by atoms with Gasteiger partial charge < -0.3 is 10.5 Å². The van der Waals surface area contributed by atoms with Crippen LogP contribution in [0.4, 0.5) is 5.69 Å². The van der Waals surface area contributed by atoms with Crippen molar-refractivity contribution in [3.05, 3.63) is 29.8 Å². The average Bonchev–Trinajstić information content (AvgIpc) is 2.78. The summed E-state index contributed by atoms with van der Waals surface area (Å²) in [5.74, 6) is 0.997. The molecule has 1 fully saturated rings. The molecule has 2 atom stereocenters. The van der Waals surface area contributed by atoms with Crippen LogP contribution in [0.5, 0.6) is 0 Å². The summed E-state index contributed by atoms with van der Waals surface area (Å²) in [6.07, 6.45) is 3.93. The predicted octanol–water partition coefficient (Wildman–Crippen LogP) is 3.11. The van der Waals surface area contributed by atoms with Gasteiger partial charge in [-0.05, 0) is 55.7 Å². The van der Waals surface area contributed by atoms with Gasteiger partial charge in [-0.3, -0.25) is 4.79 Å². The molecule has 3 heteroatoms. The van der Waals surface area contributed by atoms with Crippen molar-refractivity contribution in [1.82, 2.24) is 0 Å². The van der Waals surface area contributed by atoms with Crippen molar-refractivity contribution in [2.45, 2.75) is 38.5 Å². The Labute approximate surface area is 108 Å². The first-order valence-electron chi connectivity index (χ1n) is 6.70. The Kier molecular flexibility index (Phi) is 4.24. The molecule has 0 radical (unpaired) electrons. The number of hydrogen-bond donors (Lipinski definition) is 1. The first-order valence-corrected chi connectivity index (χ1v) is 6.70. The number of esters is 1. The van der Waals surface area contributed by atoms with E-state index in [9.17, 15) is 4.79 Å². The summed E-state index contributed by atoms with van der Waals surface area (Å²) in [6, 6.07) is 8.11. The zero-order valence-electron chi connectivity index (χ0n) is 10.9. The lowest BCUT2D eigenvalue weighted by Crippen LogP contribution is -2.09. The highest BCUT2D eigenvalue weighted by Crippen LogP contribution is 2.39. The van der Waals surface area contributed by atoms with Crippen molar-refractivity contribution in [2.75, 3.05) is 12.3 Å².